The number of hydrogen-bond acceptors (Lipinski definition) is 8. The van der Waals surface area contributed by atoms with E-state index in [0.29, 0.717) is 68.8 Å². The van der Waals surface area contributed by atoms with Crippen LogP contribution < -0.4 is 21.5 Å². The van der Waals surface area contributed by atoms with Crippen LogP contribution in [0.15, 0.2) is 96.1 Å². The minimum atomic E-state index is -1.15. The zero-order valence-corrected chi connectivity index (χ0v) is 31.5. The fraction of sp³-hybridized carbons (Fsp3) is 0.381. The molecule has 1 aliphatic rings. The van der Waals surface area contributed by atoms with Crippen molar-refractivity contribution in [3.05, 3.63) is 118 Å². The van der Waals surface area contributed by atoms with Crippen molar-refractivity contribution in [3.63, 3.8) is 0 Å². The second-order valence-corrected chi connectivity index (χ2v) is 14.4. The van der Waals surface area contributed by atoms with E-state index in [9.17, 15) is 24.3 Å². The van der Waals surface area contributed by atoms with E-state index < -0.39 is 5.60 Å². The molecule has 2 aromatic heterocycles. The lowest BCUT2D eigenvalue weighted by Gasteiger charge is -2.38. The van der Waals surface area contributed by atoms with Gasteiger partial charge < -0.3 is 26.0 Å². The molecule has 1 unspecified atom stereocenters. The number of amides is 3. The van der Waals surface area contributed by atoms with Crippen LogP contribution in [0.4, 0.5) is 0 Å². The predicted octanol–water partition coefficient (Wildman–Crippen LogP) is 3.76. The Morgan fingerprint density at radius 3 is 2.22 bits per heavy atom. The highest BCUT2D eigenvalue weighted by atomic mass is 16.3. The second-order valence-electron chi connectivity index (χ2n) is 14.4. The molecular formula is C42H50N8O5. The highest BCUT2D eigenvalue weighted by molar-refractivity contribution is 5.94. The van der Waals surface area contributed by atoms with Crippen molar-refractivity contribution in [2.45, 2.75) is 63.6 Å². The van der Waals surface area contributed by atoms with Gasteiger partial charge in [-0.1, -0.05) is 79.7 Å². The number of likely N-dealkylation sites (tertiary alicyclic amines) is 1. The van der Waals surface area contributed by atoms with Crippen molar-refractivity contribution in [3.8, 4) is 11.3 Å². The summed E-state index contributed by atoms with van der Waals surface area (Å²) >= 11 is 0. The van der Waals surface area contributed by atoms with Gasteiger partial charge in [0.2, 0.25) is 11.8 Å². The molecule has 6 rings (SSSR count). The van der Waals surface area contributed by atoms with Crippen molar-refractivity contribution < 1.29 is 19.5 Å². The van der Waals surface area contributed by atoms with Crippen molar-refractivity contribution in [2.75, 3.05) is 32.7 Å². The van der Waals surface area contributed by atoms with Gasteiger partial charge in [0.05, 0.1) is 30.7 Å². The molecule has 0 saturated carbocycles. The Morgan fingerprint density at radius 1 is 0.873 bits per heavy atom. The number of benzene rings is 3. The molecule has 0 radical (unpaired) electrons. The first-order valence-electron chi connectivity index (χ1n) is 19.0. The molecular weight excluding hydrogens is 697 g/mol. The number of rotatable bonds is 16. The quantitative estimate of drug-likeness (QED) is 0.111. The highest BCUT2D eigenvalue weighted by Gasteiger charge is 2.35. The molecule has 288 valence electrons. The van der Waals surface area contributed by atoms with Crippen LogP contribution >= 0.6 is 0 Å². The van der Waals surface area contributed by atoms with Crippen molar-refractivity contribution in [2.24, 2.45) is 7.05 Å². The van der Waals surface area contributed by atoms with Gasteiger partial charge in [-0.05, 0) is 54.9 Å². The Bertz CT molecular complexity index is 2120. The van der Waals surface area contributed by atoms with Gasteiger partial charge in [0.1, 0.15) is 5.52 Å². The first-order chi connectivity index (χ1) is 26.6. The van der Waals surface area contributed by atoms with Gasteiger partial charge in [0.25, 0.3) is 11.5 Å². The second kappa shape index (κ2) is 18.1. The van der Waals surface area contributed by atoms with Gasteiger partial charge in [0, 0.05) is 57.3 Å². The van der Waals surface area contributed by atoms with E-state index in [1.807, 2.05) is 84.6 Å². The first kappa shape index (κ1) is 39.0. The summed E-state index contributed by atoms with van der Waals surface area (Å²) in [5.41, 5.74) is 3.51. The van der Waals surface area contributed by atoms with Crippen molar-refractivity contribution in [1.82, 2.24) is 40.2 Å². The van der Waals surface area contributed by atoms with Crippen molar-refractivity contribution >= 4 is 28.8 Å². The Balaban J connectivity index is 0.950. The van der Waals surface area contributed by atoms with Crippen LogP contribution in [0.3, 0.4) is 0 Å². The molecule has 3 amide bonds. The zero-order valence-electron chi connectivity index (χ0n) is 31.5. The van der Waals surface area contributed by atoms with Gasteiger partial charge in [-0.25, -0.2) is 4.98 Å². The summed E-state index contributed by atoms with van der Waals surface area (Å²) in [6, 6.07) is 26.9. The maximum atomic E-state index is 13.6. The average Bonchev–Trinajstić information content (AvgIpc) is 3.54. The molecule has 55 heavy (non-hydrogen) atoms. The van der Waals surface area contributed by atoms with Gasteiger partial charge in [0.15, 0.2) is 5.52 Å². The number of nitrogens with zero attached hydrogens (tertiary/aromatic N) is 5. The van der Waals surface area contributed by atoms with Crippen LogP contribution in [-0.2, 0) is 29.7 Å². The van der Waals surface area contributed by atoms with Crippen LogP contribution in [-0.4, -0.2) is 85.4 Å². The number of hydrogen-bond donors (Lipinski definition) is 4. The summed E-state index contributed by atoms with van der Waals surface area (Å²) < 4.78 is 3.07. The van der Waals surface area contributed by atoms with Gasteiger partial charge in [-0.3, -0.25) is 28.4 Å². The maximum Gasteiger partial charge on any atom is 0.281 e. The third kappa shape index (κ3) is 10.1. The number of nitrogens with one attached hydrogen (secondary N) is 3. The van der Waals surface area contributed by atoms with E-state index >= 15 is 0 Å². The number of aliphatic hydroxyl groups is 1. The lowest BCUT2D eigenvalue weighted by atomic mass is 9.90. The van der Waals surface area contributed by atoms with E-state index in [4.69, 9.17) is 0 Å². The molecule has 0 aliphatic carbocycles. The molecule has 3 aromatic carbocycles. The standard InChI is InChI=1S/C42H50N8O5/c1-30(32-11-5-3-6-12-32)25-36(52)49-23-19-42(55,20-24-49)28-50-29-46-37-38(41(50)54)47-48(2)39(37)33-17-15-31(16-18-33)26-43-27-35(51)44-21-9-10-22-45-40(53)34-13-7-4-8-14-34/h3-8,11-18,29-30,43,55H,9-10,19-28H2,1-2H3,(H,44,51)(H,45,53). The molecule has 0 bridgehead atoms. The summed E-state index contributed by atoms with van der Waals surface area (Å²) in [6.45, 7) is 4.71. The fourth-order valence-corrected chi connectivity index (χ4v) is 7.00. The van der Waals surface area contributed by atoms with Gasteiger partial charge >= 0.3 is 0 Å². The molecule has 1 atom stereocenters. The van der Waals surface area contributed by atoms with Crippen molar-refractivity contribution in [1.29, 1.82) is 0 Å². The number of aryl methyl sites for hydroxylation is 1. The summed E-state index contributed by atoms with van der Waals surface area (Å²) in [6.07, 6.45) is 4.12. The van der Waals surface area contributed by atoms with Gasteiger partial charge in [-0.15, -0.1) is 0 Å². The highest BCUT2D eigenvalue weighted by Crippen LogP contribution is 2.28. The minimum Gasteiger partial charge on any atom is -0.388 e. The number of carbonyl (C=O) groups excluding carboxylic acids is 3. The van der Waals surface area contributed by atoms with Crippen LogP contribution in [0.25, 0.3) is 22.3 Å². The maximum absolute atomic E-state index is 13.6. The minimum absolute atomic E-state index is 0.0671. The van der Waals surface area contributed by atoms with E-state index in [1.165, 1.54) is 10.9 Å². The Hall–Kier alpha value is -5.66. The monoisotopic (exact) mass is 746 g/mol. The molecule has 0 spiro atoms. The molecule has 4 N–H and O–H groups in total. The van der Waals surface area contributed by atoms with Crippen LogP contribution in [0.1, 0.15) is 66.4 Å². The zero-order chi connectivity index (χ0) is 38.8. The molecule has 1 saturated heterocycles. The Labute approximate surface area is 320 Å². The van der Waals surface area contributed by atoms with Gasteiger partial charge in [-0.2, -0.15) is 5.10 Å². The normalized spacial score (nSPS) is 14.4. The first-order valence-corrected chi connectivity index (χ1v) is 19.0. The SMILES string of the molecule is CC(CC(=O)N1CCC(O)(Cn2cnc3c(-c4ccc(CNCC(=O)NCCCCNC(=O)c5ccccc5)cc4)n(C)nc3c2=O)CC1)c1ccccc1. The largest absolute Gasteiger partial charge is 0.388 e. The lowest BCUT2D eigenvalue weighted by Crippen LogP contribution is -2.49. The molecule has 1 fully saturated rings. The van der Waals surface area contributed by atoms with E-state index in [2.05, 4.69) is 26.0 Å². The number of fused-ring (bicyclic) bond motifs is 1. The van der Waals surface area contributed by atoms with E-state index in [0.717, 1.165) is 29.5 Å². The van der Waals surface area contributed by atoms with Crippen LogP contribution in [0, 0.1) is 0 Å². The molecule has 3 heterocycles. The molecule has 13 nitrogen and oxygen atoms in total. The lowest BCUT2D eigenvalue weighted by molar-refractivity contribution is -0.136. The summed E-state index contributed by atoms with van der Waals surface area (Å²) in [4.78, 5) is 57.5. The molecule has 5 aromatic rings. The molecule has 13 heteroatoms. The fourth-order valence-electron chi connectivity index (χ4n) is 7.00. The van der Waals surface area contributed by atoms with Crippen LogP contribution in [0.5, 0.6) is 0 Å². The van der Waals surface area contributed by atoms with E-state index in [1.54, 1.807) is 23.9 Å². The predicted molar refractivity (Wildman–Crippen MR) is 211 cm³/mol. The summed E-state index contributed by atoms with van der Waals surface area (Å²) in [7, 11) is 1.77. The Morgan fingerprint density at radius 2 is 1.53 bits per heavy atom. The topological polar surface area (TPSA) is 163 Å². The third-order valence-corrected chi connectivity index (χ3v) is 10.3. The number of carbonyl (C=O) groups is 3. The number of aromatic nitrogens is 4. The smallest absolute Gasteiger partial charge is 0.281 e. The third-order valence-electron chi connectivity index (χ3n) is 10.3. The number of piperidine rings is 1. The molecule has 1 aliphatic heterocycles. The average molecular weight is 747 g/mol. The summed E-state index contributed by atoms with van der Waals surface area (Å²) in [5, 5.41) is 24.9. The summed E-state index contributed by atoms with van der Waals surface area (Å²) in [5.74, 6) is -0.0261. The van der Waals surface area contributed by atoms with E-state index in [-0.39, 0.29) is 47.8 Å². The number of unbranched alkanes of at least 4 members (excludes halogenated alkanes) is 1. The van der Waals surface area contributed by atoms with Crippen LogP contribution in [0.2, 0.25) is 0 Å². The Kier molecular flexibility index (Phi) is 12.9.